The molecule has 4 amide bonds. The maximum Gasteiger partial charge on any atom is 0.350 e. The minimum absolute atomic E-state index is 0.0313. The van der Waals surface area contributed by atoms with Gasteiger partial charge in [0.1, 0.15) is 32.8 Å². The monoisotopic (exact) mass is 1430 g/mol. The van der Waals surface area contributed by atoms with Crippen molar-refractivity contribution in [2.24, 2.45) is 11.8 Å². The maximum absolute atomic E-state index is 14.1. The van der Waals surface area contributed by atoms with E-state index in [4.69, 9.17) is 18.9 Å². The number of rotatable bonds is 19. The molecule has 4 aliphatic rings. The van der Waals surface area contributed by atoms with Crippen molar-refractivity contribution >= 4 is 86.7 Å². The Hall–Kier alpha value is -9.89. The zero-order valence-corrected chi connectivity index (χ0v) is 61.4. The third-order valence-corrected chi connectivity index (χ3v) is 22.1. The molecule has 2 atom stereocenters. The lowest BCUT2D eigenvalue weighted by atomic mass is 9.82. The third-order valence-electron chi connectivity index (χ3n) is 18.7. The van der Waals surface area contributed by atoms with Crippen LogP contribution in [0.25, 0.3) is 31.3 Å². The molecular formula is C82H89N5O12S3. The summed E-state index contributed by atoms with van der Waals surface area (Å²) in [4.78, 5) is 99.7. The number of hydrogen-bond donors (Lipinski definition) is 1. The number of ether oxygens (including phenoxy) is 5. The summed E-state index contributed by atoms with van der Waals surface area (Å²) in [6.45, 7) is 7.96. The second kappa shape index (κ2) is 36.6. The Morgan fingerprint density at radius 1 is 0.490 bits per heavy atom. The van der Waals surface area contributed by atoms with Crippen molar-refractivity contribution in [2.45, 2.75) is 110 Å². The predicted molar refractivity (Wildman–Crippen MR) is 404 cm³/mol. The van der Waals surface area contributed by atoms with Crippen LogP contribution in [0.4, 0.5) is 11.4 Å². The largest absolute Gasteiger partial charge is 0.497 e. The molecule has 1 N–H and O–H groups in total. The first-order valence-electron chi connectivity index (χ1n) is 34.5. The van der Waals surface area contributed by atoms with Gasteiger partial charge in [-0.1, -0.05) is 134 Å². The smallest absolute Gasteiger partial charge is 0.350 e. The van der Waals surface area contributed by atoms with Crippen LogP contribution in [0.3, 0.4) is 0 Å². The first kappa shape index (κ1) is 74.8. The quantitative estimate of drug-likeness (QED) is 0.0595. The van der Waals surface area contributed by atoms with E-state index in [1.807, 2.05) is 178 Å². The second-order valence-electron chi connectivity index (χ2n) is 25.8. The molecule has 20 heteroatoms. The number of esters is 2. The number of hydrogen-bond acceptors (Lipinski definition) is 16. The van der Waals surface area contributed by atoms with Gasteiger partial charge in [0, 0.05) is 96.0 Å². The summed E-state index contributed by atoms with van der Waals surface area (Å²) < 4.78 is 25.2. The number of Topliss-reactive ketones (excluding diaryl/α,β-unsaturated/α-hetero) is 1. The van der Waals surface area contributed by atoms with Crippen molar-refractivity contribution in [3.63, 3.8) is 0 Å². The fraction of sp³-hybridized carbons (Fsp3) is 0.329. The zero-order valence-electron chi connectivity index (χ0n) is 58.9. The molecule has 4 fully saturated rings. The Balaban J connectivity index is 0.000000157. The van der Waals surface area contributed by atoms with Gasteiger partial charge >= 0.3 is 11.9 Å². The zero-order chi connectivity index (χ0) is 72.1. The van der Waals surface area contributed by atoms with E-state index in [-0.39, 0.29) is 65.8 Å². The lowest BCUT2D eigenvalue weighted by molar-refractivity contribution is -0.140. The number of thiophene rings is 3. The maximum atomic E-state index is 14.1. The number of nitrogens with one attached hydrogen (secondary N) is 1. The lowest BCUT2D eigenvalue weighted by Crippen LogP contribution is -2.51. The summed E-state index contributed by atoms with van der Waals surface area (Å²) in [6, 6.07) is 61.2. The predicted octanol–water partition coefficient (Wildman–Crippen LogP) is 16.5. The van der Waals surface area contributed by atoms with Gasteiger partial charge in [-0.05, 0) is 145 Å². The van der Waals surface area contributed by atoms with Crippen LogP contribution in [0.5, 0.6) is 17.2 Å². The highest BCUT2D eigenvalue weighted by Gasteiger charge is 2.38. The molecular weight excluding hydrogens is 1340 g/mol. The molecule has 6 aromatic carbocycles. The van der Waals surface area contributed by atoms with Crippen LogP contribution in [0.1, 0.15) is 112 Å². The molecule has 0 spiro atoms. The van der Waals surface area contributed by atoms with Crippen LogP contribution in [0, 0.1) is 18.8 Å². The summed E-state index contributed by atoms with van der Waals surface area (Å²) in [7, 11) is 7.69. The molecule has 13 rings (SSSR count). The standard InChI is InChI=1S/C32H38N2O3S.C25H26N2O4S.C13H15NO3.C12H10O2S/c1-22-9-13-26(14-10-22)32(36)34(29-20-30(38-23(29)2)25-7-5-4-6-8-25)27-17-18-33(31(35)19-27)21-24-11-15-28(37-3)16-12-24;1-30-20-10-8-17(9-11-20)16-27-13-12-19(14-23(27)28)26-21-15-22(18-6-4-3-5-7-18)32-24(21)25(29)31-2;1-17-12-4-2-10(3-5-12)9-14-7-6-11(15)8-13(14)16;1-14-12(13)11-8-7-10(15-11)9-5-3-2-4-6-9/h4-8,11-12,15-16,20,22,26-27H,9-10,13-14,17-19,21H2,1-3H3;3-11,15,19,26H,12-14,16H2,1-2H3;2-5H,6-9H2,1H3;2-8H,1H3. The molecule has 0 bridgehead atoms. The van der Waals surface area contributed by atoms with Gasteiger partial charge in [0.05, 0.1) is 53.3 Å². The number of aryl methyl sites for hydroxylation is 1. The van der Waals surface area contributed by atoms with Gasteiger partial charge in [-0.2, -0.15) is 0 Å². The van der Waals surface area contributed by atoms with Crippen molar-refractivity contribution in [1.82, 2.24) is 14.7 Å². The normalized spacial score (nSPS) is 17.3. The van der Waals surface area contributed by atoms with Gasteiger partial charge in [-0.3, -0.25) is 24.0 Å². The molecule has 0 radical (unpaired) electrons. The molecule has 1 aliphatic carbocycles. The average Bonchev–Trinajstić information content (AvgIpc) is 1.55. The number of methoxy groups -OCH3 is 5. The minimum atomic E-state index is -0.372. The van der Waals surface area contributed by atoms with Crippen LogP contribution in [-0.2, 0) is 53.1 Å². The van der Waals surface area contributed by atoms with E-state index < -0.39 is 0 Å². The van der Waals surface area contributed by atoms with Crippen LogP contribution in [0.2, 0.25) is 0 Å². The van der Waals surface area contributed by atoms with Gasteiger partial charge in [0.15, 0.2) is 0 Å². The third kappa shape index (κ3) is 20.2. The number of anilines is 2. The van der Waals surface area contributed by atoms with Crippen LogP contribution in [-0.4, -0.2) is 123 Å². The second-order valence-corrected chi connectivity index (χ2v) is 29.1. The number of piperidine rings is 3. The molecule has 17 nitrogen and oxygen atoms in total. The van der Waals surface area contributed by atoms with Gasteiger partial charge in [0.2, 0.25) is 23.6 Å². The van der Waals surface area contributed by atoms with Crippen molar-refractivity contribution in [3.05, 3.63) is 219 Å². The Bertz CT molecular complexity index is 4250. The summed E-state index contributed by atoms with van der Waals surface area (Å²) >= 11 is 4.57. The van der Waals surface area contributed by atoms with E-state index in [0.717, 1.165) is 120 Å². The van der Waals surface area contributed by atoms with E-state index in [9.17, 15) is 33.6 Å². The number of amides is 4. The highest BCUT2D eigenvalue weighted by atomic mass is 32.1. The van der Waals surface area contributed by atoms with E-state index >= 15 is 0 Å². The topological polar surface area (TPSA) is 191 Å². The van der Waals surface area contributed by atoms with Gasteiger partial charge < -0.3 is 48.6 Å². The minimum Gasteiger partial charge on any atom is -0.497 e. The number of benzene rings is 6. The lowest BCUT2D eigenvalue weighted by Gasteiger charge is -2.40. The number of ketones is 1. The fourth-order valence-corrected chi connectivity index (χ4v) is 15.9. The van der Waals surface area contributed by atoms with Gasteiger partial charge in [-0.15, -0.1) is 34.0 Å². The summed E-state index contributed by atoms with van der Waals surface area (Å²) in [5, 5.41) is 3.43. The SMILES string of the molecule is COC(=O)c1ccc(-c2ccccc2)s1.COC(=O)c1sc(-c2ccccc2)cc1NC1CCN(Cc2ccc(OC)cc2)C(=O)C1.COc1ccc(CN2CCC(=O)CC2=O)cc1.COc1ccc(CN2CCC(N(C(=O)C3CCC(C)CC3)c3cc(-c4ccccc4)sc3C)CC2=O)cc1. The number of carbonyl (C=O) groups excluding carboxylic acids is 7. The first-order valence-corrected chi connectivity index (χ1v) is 36.9. The summed E-state index contributed by atoms with van der Waals surface area (Å²) in [5.74, 6) is 2.88. The summed E-state index contributed by atoms with van der Waals surface area (Å²) in [6.07, 6.45) is 6.94. The van der Waals surface area contributed by atoms with Crippen LogP contribution >= 0.6 is 34.0 Å². The Kier molecular flexibility index (Phi) is 26.9. The molecule has 6 heterocycles. The van der Waals surface area contributed by atoms with Gasteiger partial charge in [-0.25, -0.2) is 9.59 Å². The molecule has 532 valence electrons. The number of likely N-dealkylation sites (tertiary alicyclic amines) is 3. The van der Waals surface area contributed by atoms with Crippen molar-refractivity contribution in [3.8, 4) is 48.6 Å². The molecule has 3 aromatic heterocycles. The Morgan fingerprint density at radius 2 is 0.961 bits per heavy atom. The highest BCUT2D eigenvalue weighted by molar-refractivity contribution is 7.18. The molecule has 102 heavy (non-hydrogen) atoms. The van der Waals surface area contributed by atoms with Crippen molar-refractivity contribution < 1.29 is 57.2 Å². The van der Waals surface area contributed by atoms with Crippen LogP contribution < -0.4 is 24.4 Å². The first-order chi connectivity index (χ1) is 49.5. The van der Waals surface area contributed by atoms with E-state index in [1.54, 1.807) is 43.6 Å². The molecule has 3 aliphatic heterocycles. The number of carbonyl (C=O) groups is 7. The highest BCUT2D eigenvalue weighted by Crippen LogP contribution is 2.42. The van der Waals surface area contributed by atoms with Crippen molar-refractivity contribution in [2.75, 3.05) is 65.4 Å². The van der Waals surface area contributed by atoms with Crippen LogP contribution in [0.15, 0.2) is 188 Å². The number of nitrogens with zero attached hydrogens (tertiary/aromatic N) is 4. The van der Waals surface area contributed by atoms with E-state index in [2.05, 4.69) is 42.1 Å². The Labute approximate surface area is 609 Å². The van der Waals surface area contributed by atoms with E-state index in [0.29, 0.717) is 74.2 Å². The molecule has 9 aromatic rings. The molecule has 2 unspecified atom stereocenters. The summed E-state index contributed by atoms with van der Waals surface area (Å²) in [5.41, 5.74) is 8.25. The van der Waals surface area contributed by atoms with Gasteiger partial charge in [0.25, 0.3) is 0 Å². The average molecular weight is 1430 g/mol. The van der Waals surface area contributed by atoms with E-state index in [1.165, 1.54) is 36.9 Å². The fourth-order valence-electron chi connectivity index (χ4n) is 12.9. The molecule has 1 saturated carbocycles. The molecule has 3 saturated heterocycles. The Morgan fingerprint density at radius 3 is 1.43 bits per heavy atom. The van der Waals surface area contributed by atoms with Crippen molar-refractivity contribution in [1.29, 1.82) is 0 Å².